The van der Waals surface area contributed by atoms with Gasteiger partial charge in [-0.15, -0.1) is 0 Å². The SMILES string of the molecule is CCC/C=C(\OCC)c1cnc(Cl)cc1NC. The van der Waals surface area contributed by atoms with Crippen LogP contribution in [0.3, 0.4) is 0 Å². The number of nitrogens with zero attached hydrogens (tertiary/aromatic N) is 1. The van der Waals surface area contributed by atoms with Gasteiger partial charge in [0.1, 0.15) is 10.9 Å². The maximum absolute atomic E-state index is 5.87. The fraction of sp³-hybridized carbons (Fsp3) is 0.462. The van der Waals surface area contributed by atoms with Crippen molar-refractivity contribution in [3.63, 3.8) is 0 Å². The van der Waals surface area contributed by atoms with Crippen LogP contribution in [0.2, 0.25) is 5.15 Å². The number of anilines is 1. The Bertz CT molecular complexity index is 391. The van der Waals surface area contributed by atoms with Gasteiger partial charge in [-0.1, -0.05) is 24.9 Å². The largest absolute Gasteiger partial charge is 0.493 e. The molecule has 0 aliphatic carbocycles. The highest BCUT2D eigenvalue weighted by Crippen LogP contribution is 2.26. The molecule has 0 radical (unpaired) electrons. The van der Waals surface area contributed by atoms with Gasteiger partial charge in [0, 0.05) is 18.9 Å². The zero-order valence-corrected chi connectivity index (χ0v) is 11.3. The summed E-state index contributed by atoms with van der Waals surface area (Å²) in [5.74, 6) is 0.864. The first kappa shape index (κ1) is 13.8. The Morgan fingerprint density at radius 3 is 2.88 bits per heavy atom. The number of aromatic nitrogens is 1. The van der Waals surface area contributed by atoms with Crippen LogP contribution in [-0.2, 0) is 4.74 Å². The van der Waals surface area contributed by atoms with Crippen molar-refractivity contribution in [2.24, 2.45) is 0 Å². The summed E-state index contributed by atoms with van der Waals surface area (Å²) in [6.45, 7) is 4.75. The van der Waals surface area contributed by atoms with E-state index in [0.717, 1.165) is 29.9 Å². The molecule has 17 heavy (non-hydrogen) atoms. The monoisotopic (exact) mass is 254 g/mol. The number of ether oxygens (including phenoxy) is 1. The van der Waals surface area contributed by atoms with E-state index in [1.54, 1.807) is 12.3 Å². The van der Waals surface area contributed by atoms with Crippen LogP contribution in [0.15, 0.2) is 18.3 Å². The molecule has 3 nitrogen and oxygen atoms in total. The van der Waals surface area contributed by atoms with Gasteiger partial charge in [0.15, 0.2) is 0 Å². The Morgan fingerprint density at radius 2 is 2.29 bits per heavy atom. The molecule has 0 saturated heterocycles. The molecule has 0 spiro atoms. The average molecular weight is 255 g/mol. The second-order valence-corrected chi connectivity index (χ2v) is 3.98. The molecule has 0 aromatic carbocycles. The van der Waals surface area contributed by atoms with Gasteiger partial charge in [0.05, 0.1) is 12.2 Å². The molecule has 0 aliphatic rings. The fourth-order valence-electron chi connectivity index (χ4n) is 1.51. The van der Waals surface area contributed by atoms with E-state index in [-0.39, 0.29) is 0 Å². The summed E-state index contributed by atoms with van der Waals surface area (Å²) in [5, 5.41) is 3.58. The maximum Gasteiger partial charge on any atom is 0.131 e. The van der Waals surface area contributed by atoms with Gasteiger partial charge in [-0.2, -0.15) is 0 Å². The van der Waals surface area contributed by atoms with Gasteiger partial charge in [-0.3, -0.25) is 0 Å². The Hall–Kier alpha value is -1.22. The molecule has 1 N–H and O–H groups in total. The second kappa shape index (κ2) is 7.17. The summed E-state index contributed by atoms with van der Waals surface area (Å²) in [6.07, 6.45) is 5.91. The summed E-state index contributed by atoms with van der Waals surface area (Å²) in [6, 6.07) is 1.80. The number of unbranched alkanes of at least 4 members (excludes halogenated alkanes) is 1. The summed E-state index contributed by atoms with van der Waals surface area (Å²) >= 11 is 5.87. The molecule has 0 bridgehead atoms. The van der Waals surface area contributed by atoms with E-state index in [0.29, 0.717) is 11.8 Å². The number of rotatable bonds is 6. The first-order valence-electron chi connectivity index (χ1n) is 5.89. The lowest BCUT2D eigenvalue weighted by molar-refractivity contribution is 0.297. The van der Waals surface area contributed by atoms with E-state index >= 15 is 0 Å². The lowest BCUT2D eigenvalue weighted by Crippen LogP contribution is -1.99. The molecule has 1 aromatic heterocycles. The second-order valence-electron chi connectivity index (χ2n) is 3.59. The van der Waals surface area contributed by atoms with Crippen LogP contribution in [0.1, 0.15) is 32.3 Å². The van der Waals surface area contributed by atoms with Crippen LogP contribution in [-0.4, -0.2) is 18.6 Å². The summed E-state index contributed by atoms with van der Waals surface area (Å²) in [7, 11) is 1.86. The number of pyridine rings is 1. The van der Waals surface area contributed by atoms with Crippen molar-refractivity contribution >= 4 is 23.0 Å². The van der Waals surface area contributed by atoms with Gasteiger partial charge in [0.25, 0.3) is 0 Å². The molecular formula is C13H19ClN2O. The minimum absolute atomic E-state index is 0.476. The van der Waals surface area contributed by atoms with Crippen LogP contribution in [0.5, 0.6) is 0 Å². The Kier molecular flexibility index (Phi) is 5.84. The van der Waals surface area contributed by atoms with E-state index in [1.165, 1.54) is 0 Å². The van der Waals surface area contributed by atoms with Gasteiger partial charge in [0.2, 0.25) is 0 Å². The van der Waals surface area contributed by atoms with Crippen LogP contribution in [0.4, 0.5) is 5.69 Å². The summed E-state index contributed by atoms with van der Waals surface area (Å²) in [4.78, 5) is 4.10. The summed E-state index contributed by atoms with van der Waals surface area (Å²) < 4.78 is 5.65. The molecule has 1 heterocycles. The van der Waals surface area contributed by atoms with Crippen molar-refractivity contribution in [3.8, 4) is 0 Å². The molecule has 4 heteroatoms. The number of hydrogen-bond donors (Lipinski definition) is 1. The van der Waals surface area contributed by atoms with E-state index in [4.69, 9.17) is 16.3 Å². The highest BCUT2D eigenvalue weighted by atomic mass is 35.5. The fourth-order valence-corrected chi connectivity index (χ4v) is 1.67. The highest BCUT2D eigenvalue weighted by Gasteiger charge is 2.09. The minimum atomic E-state index is 0.476. The van der Waals surface area contributed by atoms with E-state index in [1.807, 2.05) is 14.0 Å². The smallest absolute Gasteiger partial charge is 0.131 e. The van der Waals surface area contributed by atoms with Crippen LogP contribution in [0.25, 0.3) is 5.76 Å². The molecule has 0 aliphatic heterocycles. The Balaban J connectivity index is 3.08. The maximum atomic E-state index is 5.87. The molecule has 0 unspecified atom stereocenters. The van der Waals surface area contributed by atoms with Crippen molar-refractivity contribution in [1.82, 2.24) is 4.98 Å². The number of nitrogens with one attached hydrogen (secondary N) is 1. The van der Waals surface area contributed by atoms with Gasteiger partial charge in [-0.05, 0) is 25.5 Å². The molecule has 1 aromatic rings. The Morgan fingerprint density at radius 1 is 1.53 bits per heavy atom. The zero-order chi connectivity index (χ0) is 12.7. The Labute approximate surface area is 108 Å². The standard InChI is InChI=1S/C13H19ClN2O/c1-4-6-7-12(17-5-2)10-9-16-13(14)8-11(10)15-3/h7-9H,4-6H2,1-3H3,(H,15,16)/b12-7-. The molecular weight excluding hydrogens is 236 g/mol. The topological polar surface area (TPSA) is 34.1 Å². The van der Waals surface area contributed by atoms with Crippen molar-refractivity contribution in [2.75, 3.05) is 19.0 Å². The highest BCUT2D eigenvalue weighted by molar-refractivity contribution is 6.29. The van der Waals surface area contributed by atoms with E-state index < -0.39 is 0 Å². The number of halogens is 1. The molecule has 1 rings (SSSR count). The minimum Gasteiger partial charge on any atom is -0.493 e. The van der Waals surface area contributed by atoms with E-state index in [9.17, 15) is 0 Å². The zero-order valence-electron chi connectivity index (χ0n) is 10.6. The third kappa shape index (κ3) is 3.93. The molecule has 94 valence electrons. The quantitative estimate of drug-likeness (QED) is 0.616. The lowest BCUT2D eigenvalue weighted by Gasteiger charge is -2.13. The predicted octanol–water partition coefficient (Wildman–Crippen LogP) is 3.95. The average Bonchev–Trinajstić information content (AvgIpc) is 2.34. The van der Waals surface area contributed by atoms with Crippen LogP contribution < -0.4 is 5.32 Å². The molecule has 0 atom stereocenters. The van der Waals surface area contributed by atoms with Crippen molar-refractivity contribution < 1.29 is 4.74 Å². The van der Waals surface area contributed by atoms with Crippen molar-refractivity contribution in [3.05, 3.63) is 29.1 Å². The third-order valence-corrected chi connectivity index (χ3v) is 2.53. The number of hydrogen-bond acceptors (Lipinski definition) is 3. The molecule has 0 fully saturated rings. The predicted molar refractivity (Wildman–Crippen MR) is 73.3 cm³/mol. The van der Waals surface area contributed by atoms with Crippen LogP contribution in [0, 0.1) is 0 Å². The summed E-state index contributed by atoms with van der Waals surface area (Å²) in [5.41, 5.74) is 1.88. The van der Waals surface area contributed by atoms with E-state index in [2.05, 4.69) is 23.3 Å². The first-order chi connectivity index (χ1) is 8.22. The van der Waals surface area contributed by atoms with Crippen molar-refractivity contribution in [1.29, 1.82) is 0 Å². The van der Waals surface area contributed by atoms with Crippen molar-refractivity contribution in [2.45, 2.75) is 26.7 Å². The molecule has 0 saturated carbocycles. The van der Waals surface area contributed by atoms with Gasteiger partial charge >= 0.3 is 0 Å². The first-order valence-corrected chi connectivity index (χ1v) is 6.27. The lowest BCUT2D eigenvalue weighted by atomic mass is 10.1. The normalized spacial score (nSPS) is 11.4. The van der Waals surface area contributed by atoms with Gasteiger partial charge < -0.3 is 10.1 Å². The number of allylic oxidation sites excluding steroid dienone is 1. The van der Waals surface area contributed by atoms with Gasteiger partial charge in [-0.25, -0.2) is 4.98 Å². The molecule has 0 amide bonds. The van der Waals surface area contributed by atoms with Crippen LogP contribution >= 0.6 is 11.6 Å². The third-order valence-electron chi connectivity index (χ3n) is 2.32.